The molecule has 0 unspecified atom stereocenters. The molecular formula is C46H43N3. The molecule has 0 N–H and O–H groups in total. The van der Waals surface area contributed by atoms with Crippen molar-refractivity contribution in [2.75, 3.05) is 0 Å². The smallest absolute Gasteiger partial charge is 0.169 e. The van der Waals surface area contributed by atoms with E-state index in [1.165, 1.54) is 50.1 Å². The van der Waals surface area contributed by atoms with Crippen LogP contribution in [-0.4, -0.2) is 14.8 Å². The van der Waals surface area contributed by atoms with Crippen molar-refractivity contribution in [1.82, 2.24) is 14.8 Å². The fourth-order valence-electron chi connectivity index (χ4n) is 6.95. The molecule has 49 heavy (non-hydrogen) atoms. The predicted octanol–water partition coefficient (Wildman–Crippen LogP) is 12.1. The first-order valence-corrected chi connectivity index (χ1v) is 17.1. The minimum Gasteiger partial charge on any atom is -0.275 e. The average Bonchev–Trinajstić information content (AvgIpc) is 3.52. The first kappa shape index (κ1) is 32.0. The number of nitrogens with zero attached hydrogens (tertiary/aromatic N) is 3. The molecule has 7 aromatic rings. The van der Waals surface area contributed by atoms with Gasteiger partial charge in [0.25, 0.3) is 0 Å². The molecule has 0 saturated carbocycles. The van der Waals surface area contributed by atoms with Crippen LogP contribution < -0.4 is 0 Å². The summed E-state index contributed by atoms with van der Waals surface area (Å²) in [5.74, 6) is 1.62. The van der Waals surface area contributed by atoms with Crippen molar-refractivity contribution in [2.45, 2.75) is 53.9 Å². The third-order valence-corrected chi connectivity index (χ3v) is 9.24. The number of hydrogen-bond donors (Lipinski definition) is 0. The van der Waals surface area contributed by atoms with Crippen molar-refractivity contribution in [3.63, 3.8) is 0 Å². The summed E-state index contributed by atoms with van der Waals surface area (Å²) in [5, 5.41) is 10.1. The highest BCUT2D eigenvalue weighted by Crippen LogP contribution is 2.41. The number of hydrogen-bond acceptors (Lipinski definition) is 2. The summed E-state index contributed by atoms with van der Waals surface area (Å²) in [6.07, 6.45) is 0. The highest BCUT2D eigenvalue weighted by Gasteiger charge is 2.24. The Morgan fingerprint density at radius 3 is 1.39 bits per heavy atom. The van der Waals surface area contributed by atoms with Gasteiger partial charge in [-0.15, -0.1) is 10.2 Å². The summed E-state index contributed by atoms with van der Waals surface area (Å²) >= 11 is 0. The van der Waals surface area contributed by atoms with Crippen LogP contribution in [0.15, 0.2) is 133 Å². The van der Waals surface area contributed by atoms with Crippen LogP contribution >= 0.6 is 0 Å². The van der Waals surface area contributed by atoms with Gasteiger partial charge in [0.2, 0.25) is 0 Å². The Bertz CT molecular complexity index is 2250. The minimum atomic E-state index is -0.00818. The van der Waals surface area contributed by atoms with Crippen LogP contribution in [0.3, 0.4) is 0 Å². The Labute approximate surface area is 291 Å². The van der Waals surface area contributed by atoms with Gasteiger partial charge >= 0.3 is 0 Å². The molecule has 1 aromatic heterocycles. The zero-order valence-corrected chi connectivity index (χ0v) is 29.5. The van der Waals surface area contributed by atoms with E-state index in [4.69, 9.17) is 10.2 Å². The fourth-order valence-corrected chi connectivity index (χ4v) is 6.95. The van der Waals surface area contributed by atoms with Crippen LogP contribution in [-0.2, 0) is 5.41 Å². The van der Waals surface area contributed by atoms with E-state index in [1.807, 2.05) is 0 Å². The Balaban J connectivity index is 1.52. The molecule has 0 spiro atoms. The largest absolute Gasteiger partial charge is 0.275 e. The van der Waals surface area contributed by atoms with Crippen molar-refractivity contribution in [3.05, 3.63) is 161 Å². The van der Waals surface area contributed by atoms with E-state index in [-0.39, 0.29) is 5.41 Å². The molecule has 7 rings (SSSR count). The van der Waals surface area contributed by atoms with Crippen molar-refractivity contribution < 1.29 is 0 Å². The molecule has 0 aliphatic carbocycles. The Morgan fingerprint density at radius 1 is 0.408 bits per heavy atom. The number of benzene rings is 6. The van der Waals surface area contributed by atoms with E-state index < -0.39 is 0 Å². The van der Waals surface area contributed by atoms with Gasteiger partial charge in [0.05, 0.1) is 0 Å². The van der Waals surface area contributed by atoms with Crippen LogP contribution in [0.2, 0.25) is 0 Å². The van der Waals surface area contributed by atoms with Gasteiger partial charge in [-0.05, 0) is 102 Å². The van der Waals surface area contributed by atoms with Crippen LogP contribution in [0.4, 0.5) is 0 Å². The molecule has 0 aliphatic rings. The number of aryl methyl sites for hydroxylation is 4. The van der Waals surface area contributed by atoms with E-state index >= 15 is 0 Å². The molecule has 0 aliphatic heterocycles. The van der Waals surface area contributed by atoms with Crippen LogP contribution in [0.1, 0.15) is 48.6 Å². The van der Waals surface area contributed by atoms with Gasteiger partial charge in [-0.2, -0.15) is 0 Å². The maximum absolute atomic E-state index is 5.03. The molecule has 0 bridgehead atoms. The first-order valence-electron chi connectivity index (χ1n) is 17.1. The summed E-state index contributed by atoms with van der Waals surface area (Å²) < 4.78 is 2.24. The number of aromatic nitrogens is 3. The van der Waals surface area contributed by atoms with Crippen LogP contribution in [0.25, 0.3) is 61.8 Å². The van der Waals surface area contributed by atoms with Gasteiger partial charge in [0.15, 0.2) is 11.6 Å². The third kappa shape index (κ3) is 6.49. The van der Waals surface area contributed by atoms with Gasteiger partial charge < -0.3 is 0 Å². The number of rotatable bonds is 6. The fraction of sp³-hybridized carbons (Fsp3) is 0.174. The second-order valence-corrected chi connectivity index (χ2v) is 14.4. The second-order valence-electron chi connectivity index (χ2n) is 14.4. The maximum atomic E-state index is 5.03. The van der Waals surface area contributed by atoms with Crippen molar-refractivity contribution in [3.8, 4) is 61.8 Å². The van der Waals surface area contributed by atoms with E-state index in [0.29, 0.717) is 0 Å². The van der Waals surface area contributed by atoms with E-state index in [2.05, 4.69) is 186 Å². The Morgan fingerprint density at radius 2 is 0.878 bits per heavy atom. The summed E-state index contributed by atoms with van der Waals surface area (Å²) in [6, 6.07) is 48.2. The molecule has 6 aromatic carbocycles. The second kappa shape index (κ2) is 12.8. The molecule has 0 radical (unpaired) electrons. The molecule has 0 amide bonds. The van der Waals surface area contributed by atoms with Crippen LogP contribution in [0, 0.1) is 27.7 Å². The van der Waals surface area contributed by atoms with Gasteiger partial charge in [-0.3, -0.25) is 4.57 Å². The molecule has 0 saturated heterocycles. The topological polar surface area (TPSA) is 30.7 Å². The van der Waals surface area contributed by atoms with Gasteiger partial charge in [0, 0.05) is 16.8 Å². The Hall–Kier alpha value is -5.54. The molecule has 3 heteroatoms. The summed E-state index contributed by atoms with van der Waals surface area (Å²) in [4.78, 5) is 0. The molecular weight excluding hydrogens is 595 g/mol. The quantitative estimate of drug-likeness (QED) is 0.182. The van der Waals surface area contributed by atoms with Crippen LogP contribution in [0.5, 0.6) is 0 Å². The van der Waals surface area contributed by atoms with E-state index in [9.17, 15) is 0 Å². The van der Waals surface area contributed by atoms with Gasteiger partial charge in [-0.1, -0.05) is 146 Å². The zero-order chi connectivity index (χ0) is 34.3. The lowest BCUT2D eigenvalue weighted by molar-refractivity contribution is 0.590. The molecule has 0 atom stereocenters. The summed E-state index contributed by atoms with van der Waals surface area (Å²) in [7, 11) is 0. The molecule has 1 heterocycles. The first-order chi connectivity index (χ1) is 23.5. The Kier molecular flexibility index (Phi) is 8.38. The minimum absolute atomic E-state index is 0.00818. The molecule has 0 fully saturated rings. The zero-order valence-electron chi connectivity index (χ0n) is 29.5. The lowest BCUT2D eigenvalue weighted by atomic mass is 9.83. The monoisotopic (exact) mass is 637 g/mol. The average molecular weight is 638 g/mol. The standard InChI is InChI=1S/C46H43N3/c1-30-22-31(2)25-36(24-30)42-28-35(34-14-10-8-11-15-34)18-20-40(42)44-47-48-45(49(44)39-16-12-9-13-17-39)41-21-19-38(46(5,6)7)29-43(41)37-26-32(3)23-33(4)27-37/h8-29H,1-7H3. The highest BCUT2D eigenvalue weighted by atomic mass is 15.3. The maximum Gasteiger partial charge on any atom is 0.169 e. The van der Waals surface area contributed by atoms with E-state index in [0.717, 1.165) is 39.6 Å². The van der Waals surface area contributed by atoms with Gasteiger partial charge in [-0.25, -0.2) is 0 Å². The van der Waals surface area contributed by atoms with Crippen molar-refractivity contribution in [1.29, 1.82) is 0 Å². The predicted molar refractivity (Wildman–Crippen MR) is 206 cm³/mol. The van der Waals surface area contributed by atoms with Crippen molar-refractivity contribution in [2.24, 2.45) is 0 Å². The lowest BCUT2D eigenvalue weighted by Crippen LogP contribution is -2.11. The molecule has 242 valence electrons. The summed E-state index contributed by atoms with van der Waals surface area (Å²) in [5.41, 5.74) is 16.3. The SMILES string of the molecule is Cc1cc(C)cc(-c2cc(-c3ccccc3)ccc2-c2nnc(-c3ccc(C(C)(C)C)cc3-c3cc(C)cc(C)c3)n2-c2ccccc2)c1. The normalized spacial score (nSPS) is 11.6. The highest BCUT2D eigenvalue weighted by molar-refractivity contribution is 5.88. The summed E-state index contributed by atoms with van der Waals surface area (Å²) in [6.45, 7) is 15.5. The van der Waals surface area contributed by atoms with Crippen molar-refractivity contribution >= 4 is 0 Å². The molecule has 3 nitrogen and oxygen atoms in total. The number of para-hydroxylation sites is 1. The van der Waals surface area contributed by atoms with E-state index in [1.54, 1.807) is 0 Å². The van der Waals surface area contributed by atoms with Gasteiger partial charge in [0.1, 0.15) is 0 Å². The third-order valence-electron chi connectivity index (χ3n) is 9.24. The lowest BCUT2D eigenvalue weighted by Gasteiger charge is -2.22.